The molecule has 3 aromatic rings. The third-order valence-corrected chi connectivity index (χ3v) is 6.37. The Bertz CT molecular complexity index is 1160. The number of fused-ring (bicyclic) bond motifs is 1. The molecule has 0 bridgehead atoms. The van der Waals surface area contributed by atoms with Gasteiger partial charge in [0.1, 0.15) is 5.92 Å². The molecule has 3 aromatic carbocycles. The molecular formula is C25H21ClN2O3. The molecule has 0 N–H and O–H groups in total. The van der Waals surface area contributed by atoms with E-state index in [9.17, 15) is 9.59 Å². The molecule has 2 aliphatic heterocycles. The minimum atomic E-state index is -0.890. The minimum absolute atomic E-state index is 0.279. The lowest BCUT2D eigenvalue weighted by Gasteiger charge is -2.29. The monoisotopic (exact) mass is 432 g/mol. The van der Waals surface area contributed by atoms with Crippen LogP contribution in [-0.4, -0.2) is 17.9 Å². The zero-order valence-corrected chi connectivity index (χ0v) is 17.9. The molecular weight excluding hydrogens is 412 g/mol. The number of benzene rings is 3. The number of halogens is 1. The Morgan fingerprint density at radius 2 is 1.55 bits per heavy atom. The molecule has 0 spiro atoms. The maximum atomic E-state index is 13.6. The summed E-state index contributed by atoms with van der Waals surface area (Å²) >= 11 is 6.26. The van der Waals surface area contributed by atoms with Crippen LogP contribution in [0.5, 0.6) is 0 Å². The van der Waals surface area contributed by atoms with Gasteiger partial charge in [0, 0.05) is 5.02 Å². The fraction of sp³-hybridized carbons (Fsp3) is 0.200. The SMILES string of the molecule is Cc1ccc([C@@H]2[C@@H]3C(=O)N(c4ccc(C)c(Cl)c4)C(=O)[C@@H]3ON2c2ccccc2)cc1. The number of aryl methyl sites for hydroxylation is 2. The van der Waals surface area contributed by atoms with Gasteiger partial charge >= 0.3 is 0 Å². The van der Waals surface area contributed by atoms with E-state index in [0.717, 1.165) is 22.4 Å². The Hall–Kier alpha value is -3.15. The van der Waals surface area contributed by atoms with E-state index in [4.69, 9.17) is 16.4 Å². The first kappa shape index (κ1) is 19.8. The van der Waals surface area contributed by atoms with E-state index in [1.54, 1.807) is 23.3 Å². The van der Waals surface area contributed by atoms with Crippen molar-refractivity contribution in [2.24, 2.45) is 5.92 Å². The second-order valence-electron chi connectivity index (χ2n) is 8.01. The second kappa shape index (κ2) is 7.52. The van der Waals surface area contributed by atoms with Crippen molar-refractivity contribution in [2.45, 2.75) is 26.0 Å². The summed E-state index contributed by atoms with van der Waals surface area (Å²) < 4.78 is 0. The lowest BCUT2D eigenvalue weighted by molar-refractivity contribution is -0.126. The van der Waals surface area contributed by atoms with Crippen molar-refractivity contribution >= 4 is 34.8 Å². The lowest BCUT2D eigenvalue weighted by atomic mass is 9.90. The van der Waals surface area contributed by atoms with Gasteiger partial charge in [-0.3, -0.25) is 14.4 Å². The first-order chi connectivity index (χ1) is 15.0. The molecule has 6 heteroatoms. The summed E-state index contributed by atoms with van der Waals surface area (Å²) in [4.78, 5) is 34.2. The summed E-state index contributed by atoms with van der Waals surface area (Å²) in [6.07, 6.45) is -0.890. The Kier molecular flexibility index (Phi) is 4.80. The average molecular weight is 433 g/mol. The number of anilines is 2. The molecule has 2 fully saturated rings. The zero-order chi connectivity index (χ0) is 21.7. The molecule has 0 saturated carbocycles. The molecule has 0 radical (unpaired) electrons. The van der Waals surface area contributed by atoms with E-state index in [2.05, 4.69) is 0 Å². The Morgan fingerprint density at radius 3 is 2.23 bits per heavy atom. The van der Waals surface area contributed by atoms with Crippen LogP contribution >= 0.6 is 11.6 Å². The van der Waals surface area contributed by atoms with Crippen molar-refractivity contribution in [3.63, 3.8) is 0 Å². The van der Waals surface area contributed by atoms with Gasteiger partial charge in [-0.15, -0.1) is 0 Å². The summed E-state index contributed by atoms with van der Waals surface area (Å²) in [6.45, 7) is 3.89. The zero-order valence-electron chi connectivity index (χ0n) is 17.2. The van der Waals surface area contributed by atoms with Gasteiger partial charge in [-0.05, 0) is 49.2 Å². The normalized spacial score (nSPS) is 22.9. The van der Waals surface area contributed by atoms with Crippen molar-refractivity contribution in [1.29, 1.82) is 0 Å². The molecule has 0 aliphatic carbocycles. The van der Waals surface area contributed by atoms with E-state index in [1.807, 2.05) is 68.4 Å². The molecule has 2 heterocycles. The van der Waals surface area contributed by atoms with Gasteiger partial charge in [-0.1, -0.05) is 65.7 Å². The van der Waals surface area contributed by atoms with Crippen LogP contribution in [0.1, 0.15) is 22.7 Å². The molecule has 2 aliphatic rings. The molecule has 5 rings (SSSR count). The minimum Gasteiger partial charge on any atom is -0.273 e. The molecule has 156 valence electrons. The number of amides is 2. The highest BCUT2D eigenvalue weighted by molar-refractivity contribution is 6.32. The fourth-order valence-electron chi connectivity index (χ4n) is 4.29. The summed E-state index contributed by atoms with van der Waals surface area (Å²) in [5.74, 6) is -1.31. The van der Waals surface area contributed by atoms with Crippen molar-refractivity contribution in [3.05, 3.63) is 94.5 Å². The van der Waals surface area contributed by atoms with Gasteiger partial charge in [0.25, 0.3) is 5.91 Å². The number of para-hydroxylation sites is 1. The van der Waals surface area contributed by atoms with Gasteiger partial charge in [0.15, 0.2) is 6.10 Å². The molecule has 2 saturated heterocycles. The summed E-state index contributed by atoms with van der Waals surface area (Å²) in [7, 11) is 0. The first-order valence-corrected chi connectivity index (χ1v) is 10.5. The topological polar surface area (TPSA) is 49.9 Å². The largest absolute Gasteiger partial charge is 0.273 e. The van der Waals surface area contributed by atoms with Crippen LogP contribution in [-0.2, 0) is 14.4 Å². The molecule has 3 atom stereocenters. The molecule has 0 unspecified atom stereocenters. The highest BCUT2D eigenvalue weighted by Crippen LogP contribution is 2.47. The van der Waals surface area contributed by atoms with E-state index < -0.39 is 18.1 Å². The summed E-state index contributed by atoms with van der Waals surface area (Å²) in [5, 5.41) is 2.21. The molecule has 0 aromatic heterocycles. The maximum absolute atomic E-state index is 13.6. The third-order valence-electron chi connectivity index (χ3n) is 5.96. The predicted molar refractivity (Wildman–Crippen MR) is 120 cm³/mol. The number of nitrogens with zero attached hydrogens (tertiary/aromatic N) is 2. The fourth-order valence-corrected chi connectivity index (χ4v) is 4.47. The van der Waals surface area contributed by atoms with Crippen LogP contribution in [0.25, 0.3) is 0 Å². The molecule has 31 heavy (non-hydrogen) atoms. The van der Waals surface area contributed by atoms with Crippen LogP contribution in [0.4, 0.5) is 11.4 Å². The van der Waals surface area contributed by atoms with Crippen LogP contribution in [0.3, 0.4) is 0 Å². The average Bonchev–Trinajstić information content (AvgIpc) is 3.28. The van der Waals surface area contributed by atoms with Crippen LogP contribution < -0.4 is 9.96 Å². The number of carbonyl (C=O) groups is 2. The number of hydrogen-bond acceptors (Lipinski definition) is 4. The lowest BCUT2D eigenvalue weighted by Crippen LogP contribution is -2.37. The number of rotatable bonds is 3. The quantitative estimate of drug-likeness (QED) is 0.546. The van der Waals surface area contributed by atoms with E-state index >= 15 is 0 Å². The van der Waals surface area contributed by atoms with Gasteiger partial charge in [-0.2, -0.15) is 0 Å². The van der Waals surface area contributed by atoms with Crippen LogP contribution in [0.15, 0.2) is 72.8 Å². The third kappa shape index (κ3) is 3.21. The number of carbonyl (C=O) groups excluding carboxylic acids is 2. The molecule has 2 amide bonds. The number of hydrogen-bond donors (Lipinski definition) is 0. The van der Waals surface area contributed by atoms with Crippen molar-refractivity contribution < 1.29 is 14.4 Å². The smallest absolute Gasteiger partial charge is 0.266 e. The van der Waals surface area contributed by atoms with E-state index in [0.29, 0.717) is 10.7 Å². The van der Waals surface area contributed by atoms with E-state index in [-0.39, 0.29) is 11.8 Å². The van der Waals surface area contributed by atoms with Gasteiger partial charge in [-0.25, -0.2) is 9.96 Å². The van der Waals surface area contributed by atoms with Crippen LogP contribution in [0, 0.1) is 19.8 Å². The Morgan fingerprint density at radius 1 is 0.839 bits per heavy atom. The Balaban J connectivity index is 1.58. The van der Waals surface area contributed by atoms with Crippen LogP contribution in [0.2, 0.25) is 5.02 Å². The standard InChI is InChI=1S/C25H21ClN2O3/c1-15-8-11-17(12-9-15)22-21-23(31-28(22)18-6-4-3-5-7-18)25(30)27(24(21)29)19-13-10-16(2)20(26)14-19/h3-14,21-23H,1-2H3/t21-,22+,23+/m0/s1. The Labute approximate surface area is 185 Å². The summed E-state index contributed by atoms with van der Waals surface area (Å²) in [5.41, 5.74) is 4.20. The van der Waals surface area contributed by atoms with E-state index in [1.165, 1.54) is 4.90 Å². The number of hydroxylamine groups is 1. The summed E-state index contributed by atoms with van der Waals surface area (Å²) in [6, 6.07) is 22.3. The highest BCUT2D eigenvalue weighted by Gasteiger charge is 2.60. The van der Waals surface area contributed by atoms with Gasteiger partial charge < -0.3 is 0 Å². The van der Waals surface area contributed by atoms with Gasteiger partial charge in [0.2, 0.25) is 5.91 Å². The highest BCUT2D eigenvalue weighted by atomic mass is 35.5. The predicted octanol–water partition coefficient (Wildman–Crippen LogP) is 5.01. The van der Waals surface area contributed by atoms with Crippen molar-refractivity contribution in [1.82, 2.24) is 0 Å². The molecule has 5 nitrogen and oxygen atoms in total. The van der Waals surface area contributed by atoms with Crippen molar-refractivity contribution in [3.8, 4) is 0 Å². The second-order valence-corrected chi connectivity index (χ2v) is 8.42. The van der Waals surface area contributed by atoms with Gasteiger partial charge in [0.05, 0.1) is 17.4 Å². The first-order valence-electron chi connectivity index (χ1n) is 10.2. The van der Waals surface area contributed by atoms with Crippen molar-refractivity contribution in [2.75, 3.05) is 9.96 Å². The number of imide groups is 1. The maximum Gasteiger partial charge on any atom is 0.266 e.